The highest BCUT2D eigenvalue weighted by molar-refractivity contribution is 6.30. The van der Waals surface area contributed by atoms with E-state index in [2.05, 4.69) is 5.32 Å². The van der Waals surface area contributed by atoms with E-state index in [-0.39, 0.29) is 5.75 Å². The highest BCUT2D eigenvalue weighted by Crippen LogP contribution is 2.22. The van der Waals surface area contributed by atoms with E-state index in [1.807, 2.05) is 30.3 Å². The molecule has 2 aromatic carbocycles. The topological polar surface area (TPSA) is 41.5 Å². The van der Waals surface area contributed by atoms with Crippen LogP contribution in [0.3, 0.4) is 0 Å². The number of phenols is 1. The van der Waals surface area contributed by atoms with Crippen molar-refractivity contribution in [1.82, 2.24) is 5.32 Å². The van der Waals surface area contributed by atoms with Crippen molar-refractivity contribution < 1.29 is 9.84 Å². The SMILES string of the molecule is COc1ccc(O)c(CNCc2cccc(Cl)c2)c1. The molecular weight excluding hydrogens is 262 g/mol. The molecule has 19 heavy (non-hydrogen) atoms. The summed E-state index contributed by atoms with van der Waals surface area (Å²) in [6.07, 6.45) is 0. The molecule has 0 bridgehead atoms. The maximum Gasteiger partial charge on any atom is 0.120 e. The molecule has 0 atom stereocenters. The van der Waals surface area contributed by atoms with Gasteiger partial charge in [0.2, 0.25) is 0 Å². The van der Waals surface area contributed by atoms with Crippen LogP contribution in [-0.4, -0.2) is 12.2 Å². The molecule has 0 heterocycles. The van der Waals surface area contributed by atoms with Crippen molar-refractivity contribution >= 4 is 11.6 Å². The Balaban J connectivity index is 1.95. The summed E-state index contributed by atoms with van der Waals surface area (Å²) in [7, 11) is 1.61. The van der Waals surface area contributed by atoms with E-state index >= 15 is 0 Å². The number of hydrogen-bond acceptors (Lipinski definition) is 3. The Labute approximate surface area is 117 Å². The van der Waals surface area contributed by atoms with Gasteiger partial charge in [0.25, 0.3) is 0 Å². The van der Waals surface area contributed by atoms with Crippen molar-refractivity contribution in [2.75, 3.05) is 7.11 Å². The molecule has 0 saturated heterocycles. The fourth-order valence-corrected chi connectivity index (χ4v) is 2.03. The molecule has 0 aliphatic heterocycles. The number of rotatable bonds is 5. The Morgan fingerprint density at radius 2 is 2.00 bits per heavy atom. The first-order valence-corrected chi connectivity index (χ1v) is 6.38. The third-order valence-electron chi connectivity index (χ3n) is 2.82. The van der Waals surface area contributed by atoms with E-state index in [1.165, 1.54) is 0 Å². The summed E-state index contributed by atoms with van der Waals surface area (Å²) in [5, 5.41) is 13.7. The lowest BCUT2D eigenvalue weighted by atomic mass is 10.1. The molecule has 0 spiro atoms. The molecule has 0 aliphatic rings. The van der Waals surface area contributed by atoms with Gasteiger partial charge in [-0.05, 0) is 35.9 Å². The van der Waals surface area contributed by atoms with Crippen LogP contribution in [0, 0.1) is 0 Å². The molecule has 0 aromatic heterocycles. The van der Waals surface area contributed by atoms with Crippen LogP contribution in [0.1, 0.15) is 11.1 Å². The van der Waals surface area contributed by atoms with E-state index in [0.717, 1.165) is 21.9 Å². The molecule has 0 saturated carbocycles. The maximum absolute atomic E-state index is 9.76. The highest BCUT2D eigenvalue weighted by Gasteiger charge is 2.03. The Bertz CT molecular complexity index is 558. The lowest BCUT2D eigenvalue weighted by molar-refractivity contribution is 0.410. The Morgan fingerprint density at radius 1 is 1.16 bits per heavy atom. The quantitative estimate of drug-likeness (QED) is 0.881. The Hall–Kier alpha value is -1.71. The van der Waals surface area contributed by atoms with Gasteiger partial charge >= 0.3 is 0 Å². The second-order valence-corrected chi connectivity index (χ2v) is 4.66. The number of benzene rings is 2. The number of aromatic hydroxyl groups is 1. The van der Waals surface area contributed by atoms with Crippen molar-refractivity contribution in [3.05, 3.63) is 58.6 Å². The van der Waals surface area contributed by atoms with Crippen molar-refractivity contribution in [3.63, 3.8) is 0 Å². The predicted molar refractivity (Wildman–Crippen MR) is 76.7 cm³/mol. The van der Waals surface area contributed by atoms with Crippen molar-refractivity contribution in [1.29, 1.82) is 0 Å². The van der Waals surface area contributed by atoms with E-state index in [1.54, 1.807) is 19.2 Å². The molecule has 0 fully saturated rings. The third-order valence-corrected chi connectivity index (χ3v) is 3.06. The molecule has 4 heteroatoms. The number of nitrogens with one attached hydrogen (secondary N) is 1. The van der Waals surface area contributed by atoms with Gasteiger partial charge in [-0.15, -0.1) is 0 Å². The second kappa shape index (κ2) is 6.45. The van der Waals surface area contributed by atoms with E-state index in [4.69, 9.17) is 16.3 Å². The smallest absolute Gasteiger partial charge is 0.120 e. The van der Waals surface area contributed by atoms with Crippen LogP contribution in [0.2, 0.25) is 5.02 Å². The van der Waals surface area contributed by atoms with Gasteiger partial charge in [0, 0.05) is 23.7 Å². The molecule has 0 amide bonds. The number of methoxy groups -OCH3 is 1. The molecule has 0 aliphatic carbocycles. The minimum absolute atomic E-state index is 0.263. The highest BCUT2D eigenvalue weighted by atomic mass is 35.5. The summed E-state index contributed by atoms with van der Waals surface area (Å²) in [5.74, 6) is 0.997. The first kappa shape index (κ1) is 13.7. The predicted octanol–water partition coefficient (Wildman–Crippen LogP) is 3.34. The first-order chi connectivity index (χ1) is 9.19. The summed E-state index contributed by atoms with van der Waals surface area (Å²) in [5.41, 5.74) is 1.91. The second-order valence-electron chi connectivity index (χ2n) is 4.23. The first-order valence-electron chi connectivity index (χ1n) is 6.00. The lowest BCUT2D eigenvalue weighted by Gasteiger charge is -2.09. The van der Waals surface area contributed by atoms with Gasteiger partial charge in [0.1, 0.15) is 11.5 Å². The zero-order valence-corrected chi connectivity index (χ0v) is 11.4. The average molecular weight is 278 g/mol. The van der Waals surface area contributed by atoms with Gasteiger partial charge in [0.05, 0.1) is 7.11 Å². The van der Waals surface area contributed by atoms with Crippen LogP contribution in [-0.2, 0) is 13.1 Å². The van der Waals surface area contributed by atoms with Gasteiger partial charge in [-0.1, -0.05) is 23.7 Å². The van der Waals surface area contributed by atoms with E-state index < -0.39 is 0 Å². The number of hydrogen-bond donors (Lipinski definition) is 2. The van der Waals surface area contributed by atoms with Crippen LogP contribution in [0.25, 0.3) is 0 Å². The fraction of sp³-hybridized carbons (Fsp3) is 0.200. The van der Waals surface area contributed by atoms with Gasteiger partial charge < -0.3 is 15.2 Å². The van der Waals surface area contributed by atoms with Crippen LogP contribution < -0.4 is 10.1 Å². The molecule has 0 radical (unpaired) electrons. The summed E-state index contributed by atoms with van der Waals surface area (Å²) in [4.78, 5) is 0. The van der Waals surface area contributed by atoms with E-state index in [0.29, 0.717) is 13.1 Å². The minimum Gasteiger partial charge on any atom is -0.508 e. The number of phenolic OH excluding ortho intramolecular Hbond substituents is 1. The summed E-state index contributed by atoms with van der Waals surface area (Å²) < 4.78 is 5.13. The molecule has 3 nitrogen and oxygen atoms in total. The molecule has 100 valence electrons. The van der Waals surface area contributed by atoms with Crippen molar-refractivity contribution in [2.45, 2.75) is 13.1 Å². The normalized spacial score (nSPS) is 10.4. The van der Waals surface area contributed by atoms with E-state index in [9.17, 15) is 5.11 Å². The zero-order chi connectivity index (χ0) is 13.7. The summed E-state index contributed by atoms with van der Waals surface area (Å²) >= 11 is 5.92. The standard InChI is InChI=1S/C15H16ClNO2/c1-19-14-5-6-15(18)12(8-14)10-17-9-11-3-2-4-13(16)7-11/h2-8,17-18H,9-10H2,1H3. The van der Waals surface area contributed by atoms with Crippen LogP contribution in [0.4, 0.5) is 0 Å². The molecular formula is C15H16ClNO2. The summed E-state index contributed by atoms with van der Waals surface area (Å²) in [6.45, 7) is 1.26. The number of ether oxygens (including phenoxy) is 1. The monoisotopic (exact) mass is 277 g/mol. The van der Waals surface area contributed by atoms with Gasteiger partial charge in [0.15, 0.2) is 0 Å². The van der Waals surface area contributed by atoms with Crippen LogP contribution in [0.5, 0.6) is 11.5 Å². The van der Waals surface area contributed by atoms with Gasteiger partial charge in [-0.2, -0.15) is 0 Å². The summed E-state index contributed by atoms with van der Waals surface area (Å²) in [6, 6.07) is 12.9. The molecule has 2 rings (SSSR count). The van der Waals surface area contributed by atoms with Crippen molar-refractivity contribution in [3.8, 4) is 11.5 Å². The van der Waals surface area contributed by atoms with Gasteiger partial charge in [-0.3, -0.25) is 0 Å². The molecule has 2 aromatic rings. The van der Waals surface area contributed by atoms with Crippen molar-refractivity contribution in [2.24, 2.45) is 0 Å². The van der Waals surface area contributed by atoms with Crippen LogP contribution in [0.15, 0.2) is 42.5 Å². The average Bonchev–Trinajstić information content (AvgIpc) is 2.41. The lowest BCUT2D eigenvalue weighted by Crippen LogP contribution is -2.12. The third kappa shape index (κ3) is 3.88. The zero-order valence-electron chi connectivity index (χ0n) is 10.7. The fourth-order valence-electron chi connectivity index (χ4n) is 1.82. The maximum atomic E-state index is 9.76. The van der Waals surface area contributed by atoms with Gasteiger partial charge in [-0.25, -0.2) is 0 Å². The largest absolute Gasteiger partial charge is 0.508 e. The minimum atomic E-state index is 0.263. The Kier molecular flexibility index (Phi) is 4.66. The number of halogens is 1. The molecule has 2 N–H and O–H groups in total. The Morgan fingerprint density at radius 3 is 2.74 bits per heavy atom. The molecule has 0 unspecified atom stereocenters. The van der Waals surface area contributed by atoms with Crippen LogP contribution >= 0.6 is 11.6 Å².